The van der Waals surface area contributed by atoms with E-state index in [2.05, 4.69) is 20.9 Å². The van der Waals surface area contributed by atoms with E-state index in [9.17, 15) is 9.59 Å². The molecule has 1 aliphatic heterocycles. The molecule has 1 heterocycles. The van der Waals surface area contributed by atoms with Gasteiger partial charge in [0.15, 0.2) is 5.96 Å². The van der Waals surface area contributed by atoms with Gasteiger partial charge in [-0.1, -0.05) is 17.7 Å². The molecule has 7 nitrogen and oxygen atoms in total. The van der Waals surface area contributed by atoms with Crippen molar-refractivity contribution < 1.29 is 9.59 Å². The maximum atomic E-state index is 12.2. The lowest BCUT2D eigenvalue weighted by atomic mass is 10.2. The Hall–Kier alpha value is -1.55. The maximum Gasteiger partial charge on any atom is 0.226 e. The van der Waals surface area contributed by atoms with Crippen molar-refractivity contribution in [1.29, 1.82) is 0 Å². The molecule has 2 rings (SSSR count). The van der Waals surface area contributed by atoms with Crippen LogP contribution in [0.2, 0.25) is 5.02 Å². The number of carbonyl (C=O) groups is 2. The fourth-order valence-corrected chi connectivity index (χ4v) is 3.16. The number of hydrogen-bond acceptors (Lipinski definition) is 3. The number of halogens is 2. The van der Waals surface area contributed by atoms with E-state index in [1.165, 1.54) is 0 Å². The van der Waals surface area contributed by atoms with Gasteiger partial charge in [0.1, 0.15) is 0 Å². The minimum Gasteiger partial charge on any atom is -0.357 e. The van der Waals surface area contributed by atoms with Crippen LogP contribution in [0.25, 0.3) is 0 Å². The lowest BCUT2D eigenvalue weighted by molar-refractivity contribution is -0.127. The Morgan fingerprint density at radius 3 is 2.79 bits per heavy atom. The molecule has 1 fully saturated rings. The number of anilines is 1. The van der Waals surface area contributed by atoms with E-state index in [0.29, 0.717) is 36.9 Å². The van der Waals surface area contributed by atoms with Gasteiger partial charge in [0, 0.05) is 56.3 Å². The van der Waals surface area contributed by atoms with Crippen LogP contribution >= 0.6 is 35.6 Å². The molecule has 0 bridgehead atoms. The number of benzene rings is 1. The molecule has 1 aliphatic rings. The molecule has 2 amide bonds. The Kier molecular flexibility index (Phi) is 12.0. The lowest BCUT2D eigenvalue weighted by Gasteiger charge is -2.15. The maximum absolute atomic E-state index is 12.2. The third kappa shape index (κ3) is 8.77. The Balaban J connectivity index is 0.00000420. The first-order valence-corrected chi connectivity index (χ1v) is 10.2. The molecule has 1 aromatic rings. The summed E-state index contributed by atoms with van der Waals surface area (Å²) in [5.74, 6) is 0.846. The first-order chi connectivity index (χ1) is 13.5. The Bertz CT molecular complexity index is 714. The molecule has 0 aliphatic carbocycles. The van der Waals surface area contributed by atoms with Crippen molar-refractivity contribution in [2.45, 2.75) is 39.5 Å². The smallest absolute Gasteiger partial charge is 0.226 e. The van der Waals surface area contributed by atoms with E-state index in [1.807, 2.05) is 30.9 Å². The van der Waals surface area contributed by atoms with Crippen LogP contribution in [0.1, 0.15) is 38.2 Å². The molecule has 162 valence electrons. The molecule has 0 unspecified atom stereocenters. The summed E-state index contributed by atoms with van der Waals surface area (Å²) in [6.07, 6.45) is 2.78. The molecular weight excluding hydrogens is 505 g/mol. The first-order valence-electron chi connectivity index (χ1n) is 9.86. The average Bonchev–Trinajstić information content (AvgIpc) is 3.07. The Morgan fingerprint density at radius 2 is 2.10 bits per heavy atom. The van der Waals surface area contributed by atoms with E-state index in [1.54, 1.807) is 6.07 Å². The summed E-state index contributed by atoms with van der Waals surface area (Å²) in [5, 5.41) is 9.86. The summed E-state index contributed by atoms with van der Waals surface area (Å²) in [6.45, 7) is 7.33. The van der Waals surface area contributed by atoms with Crippen LogP contribution < -0.4 is 16.0 Å². The zero-order valence-corrected chi connectivity index (χ0v) is 20.2. The second kappa shape index (κ2) is 13.6. The summed E-state index contributed by atoms with van der Waals surface area (Å²) in [7, 11) is 0. The third-order valence-electron chi connectivity index (χ3n) is 4.56. The molecule has 1 aromatic carbocycles. The van der Waals surface area contributed by atoms with Crippen LogP contribution in [0.4, 0.5) is 5.69 Å². The molecule has 1 saturated heterocycles. The molecule has 3 N–H and O–H groups in total. The van der Waals surface area contributed by atoms with Gasteiger partial charge in [-0.15, -0.1) is 24.0 Å². The largest absolute Gasteiger partial charge is 0.357 e. The molecule has 0 atom stereocenters. The van der Waals surface area contributed by atoms with E-state index in [0.717, 1.165) is 43.7 Å². The SMILES string of the molecule is CCNC(=NCCCN1CCCC1=O)NCCC(=O)Nc1cccc(Cl)c1C.I. The molecule has 0 saturated carbocycles. The topological polar surface area (TPSA) is 85.8 Å². The molecule has 0 aromatic heterocycles. The standard InChI is InChI=1S/C20H30ClN5O2.HI/c1-3-22-20(23-11-6-14-26-13-5-9-19(26)28)24-12-10-18(27)25-17-8-4-7-16(21)15(17)2;/h4,7-8H,3,5-6,9-14H2,1-2H3,(H,25,27)(H2,22,23,24);1H. The predicted molar refractivity (Wildman–Crippen MR) is 129 cm³/mol. The van der Waals surface area contributed by atoms with Crippen LogP contribution in [0.5, 0.6) is 0 Å². The second-order valence-electron chi connectivity index (χ2n) is 6.74. The van der Waals surface area contributed by atoms with Crippen molar-refractivity contribution in [3.63, 3.8) is 0 Å². The molecule has 29 heavy (non-hydrogen) atoms. The Morgan fingerprint density at radius 1 is 1.31 bits per heavy atom. The first kappa shape index (κ1) is 25.5. The highest BCUT2D eigenvalue weighted by Gasteiger charge is 2.18. The Labute approximate surface area is 195 Å². The highest BCUT2D eigenvalue weighted by atomic mass is 127. The van der Waals surface area contributed by atoms with E-state index >= 15 is 0 Å². The normalized spacial score (nSPS) is 13.8. The number of amides is 2. The second-order valence-corrected chi connectivity index (χ2v) is 7.14. The highest BCUT2D eigenvalue weighted by Crippen LogP contribution is 2.22. The fourth-order valence-electron chi connectivity index (χ4n) is 2.98. The van der Waals surface area contributed by atoms with Crippen molar-refractivity contribution in [1.82, 2.24) is 15.5 Å². The van der Waals surface area contributed by atoms with Crippen LogP contribution in [0.15, 0.2) is 23.2 Å². The molecule has 9 heteroatoms. The highest BCUT2D eigenvalue weighted by molar-refractivity contribution is 14.0. The van der Waals surface area contributed by atoms with Gasteiger partial charge < -0.3 is 20.9 Å². The summed E-state index contributed by atoms with van der Waals surface area (Å²) >= 11 is 6.08. The summed E-state index contributed by atoms with van der Waals surface area (Å²) in [4.78, 5) is 30.2. The van der Waals surface area contributed by atoms with Gasteiger partial charge in [-0.25, -0.2) is 0 Å². The molecular formula is C20H31ClIN5O2. The van der Waals surface area contributed by atoms with Gasteiger partial charge in [-0.3, -0.25) is 14.6 Å². The monoisotopic (exact) mass is 535 g/mol. The van der Waals surface area contributed by atoms with Crippen LogP contribution in [-0.2, 0) is 9.59 Å². The summed E-state index contributed by atoms with van der Waals surface area (Å²) in [6, 6.07) is 5.45. The van der Waals surface area contributed by atoms with Crippen molar-refractivity contribution in [3.05, 3.63) is 28.8 Å². The zero-order chi connectivity index (χ0) is 20.4. The van der Waals surface area contributed by atoms with E-state index in [4.69, 9.17) is 11.6 Å². The summed E-state index contributed by atoms with van der Waals surface area (Å²) < 4.78 is 0. The van der Waals surface area contributed by atoms with Gasteiger partial charge in [0.25, 0.3) is 0 Å². The van der Waals surface area contributed by atoms with Gasteiger partial charge in [-0.2, -0.15) is 0 Å². The van der Waals surface area contributed by atoms with Crippen molar-refractivity contribution in [3.8, 4) is 0 Å². The van der Waals surface area contributed by atoms with Crippen molar-refractivity contribution >= 4 is 59.0 Å². The predicted octanol–water partition coefficient (Wildman–Crippen LogP) is 3.16. The average molecular weight is 536 g/mol. The van der Waals surface area contributed by atoms with E-state index in [-0.39, 0.29) is 35.8 Å². The minimum atomic E-state index is -0.0822. The van der Waals surface area contributed by atoms with Crippen molar-refractivity contribution in [2.75, 3.05) is 38.0 Å². The number of hydrogen-bond donors (Lipinski definition) is 3. The number of rotatable bonds is 9. The number of aliphatic imine (C=N–C) groups is 1. The number of nitrogens with zero attached hydrogens (tertiary/aromatic N) is 2. The lowest BCUT2D eigenvalue weighted by Crippen LogP contribution is -2.39. The van der Waals surface area contributed by atoms with Gasteiger partial charge >= 0.3 is 0 Å². The van der Waals surface area contributed by atoms with Crippen LogP contribution in [0, 0.1) is 6.92 Å². The molecule has 0 spiro atoms. The van der Waals surface area contributed by atoms with Crippen LogP contribution in [0.3, 0.4) is 0 Å². The number of likely N-dealkylation sites (tertiary alicyclic amines) is 1. The van der Waals surface area contributed by atoms with Gasteiger partial charge in [0.05, 0.1) is 0 Å². The van der Waals surface area contributed by atoms with Crippen LogP contribution in [-0.4, -0.2) is 55.4 Å². The summed E-state index contributed by atoms with van der Waals surface area (Å²) in [5.41, 5.74) is 1.59. The van der Waals surface area contributed by atoms with Gasteiger partial charge in [0.2, 0.25) is 11.8 Å². The number of nitrogens with one attached hydrogen (secondary N) is 3. The number of carbonyl (C=O) groups excluding carboxylic acids is 2. The van der Waals surface area contributed by atoms with E-state index < -0.39 is 0 Å². The van der Waals surface area contributed by atoms with Crippen molar-refractivity contribution in [2.24, 2.45) is 4.99 Å². The third-order valence-corrected chi connectivity index (χ3v) is 4.97. The van der Waals surface area contributed by atoms with Gasteiger partial charge in [-0.05, 0) is 44.4 Å². The minimum absolute atomic E-state index is 0. The number of guanidine groups is 1. The fraction of sp³-hybridized carbons (Fsp3) is 0.550. The zero-order valence-electron chi connectivity index (χ0n) is 17.1. The molecule has 0 radical (unpaired) electrons. The quantitative estimate of drug-likeness (QED) is 0.196.